The van der Waals surface area contributed by atoms with Crippen molar-refractivity contribution in [3.63, 3.8) is 0 Å². The second-order valence-electron chi connectivity index (χ2n) is 4.60. The first-order valence-electron chi connectivity index (χ1n) is 6.11. The van der Waals surface area contributed by atoms with Gasteiger partial charge in [0, 0.05) is 18.3 Å². The van der Waals surface area contributed by atoms with Crippen LogP contribution in [-0.2, 0) is 6.54 Å². The van der Waals surface area contributed by atoms with Crippen molar-refractivity contribution in [1.82, 2.24) is 0 Å². The molecular weight excluding hydrogens is 226 g/mol. The summed E-state index contributed by atoms with van der Waals surface area (Å²) in [5, 5.41) is 9.77. The van der Waals surface area contributed by atoms with Crippen LogP contribution in [0.3, 0.4) is 0 Å². The van der Waals surface area contributed by atoms with Crippen molar-refractivity contribution in [2.45, 2.75) is 26.5 Å². The van der Waals surface area contributed by atoms with E-state index in [0.29, 0.717) is 6.54 Å². The van der Waals surface area contributed by atoms with Crippen molar-refractivity contribution in [1.29, 1.82) is 0 Å². The Morgan fingerprint density at radius 1 is 1.22 bits per heavy atom. The van der Waals surface area contributed by atoms with Crippen LogP contribution in [0.1, 0.15) is 30.1 Å². The molecule has 0 saturated heterocycles. The van der Waals surface area contributed by atoms with E-state index in [1.165, 1.54) is 0 Å². The number of aliphatic hydroxyl groups excluding tert-OH is 1. The lowest BCUT2D eigenvalue weighted by atomic mass is 10.1. The third-order valence-corrected chi connectivity index (χ3v) is 2.99. The van der Waals surface area contributed by atoms with Crippen molar-refractivity contribution in [2.75, 3.05) is 11.9 Å². The molecule has 0 unspecified atom stereocenters. The molecule has 0 spiro atoms. The second kappa shape index (κ2) is 5.27. The number of nitrogens with zero attached hydrogens (tertiary/aromatic N) is 1. The first-order valence-corrected chi connectivity index (χ1v) is 6.11. The van der Waals surface area contributed by atoms with Gasteiger partial charge in [-0.1, -0.05) is 18.2 Å². The van der Waals surface area contributed by atoms with Crippen LogP contribution in [-0.4, -0.2) is 12.2 Å². The average molecular weight is 245 g/mol. The van der Waals surface area contributed by atoms with Gasteiger partial charge in [-0.3, -0.25) is 0 Å². The maximum Gasteiger partial charge on any atom is 0.123 e. The van der Waals surface area contributed by atoms with Gasteiger partial charge in [0.15, 0.2) is 0 Å². The fourth-order valence-electron chi connectivity index (χ4n) is 2.08. The number of para-hydroxylation sites is 1. The Morgan fingerprint density at radius 2 is 1.94 bits per heavy atom. The monoisotopic (exact) mass is 245 g/mol. The van der Waals surface area contributed by atoms with Crippen LogP contribution in [0.2, 0.25) is 0 Å². The summed E-state index contributed by atoms with van der Waals surface area (Å²) in [6.07, 6.45) is -0.470. The second-order valence-corrected chi connectivity index (χ2v) is 4.60. The van der Waals surface area contributed by atoms with E-state index in [2.05, 4.69) is 4.90 Å². The van der Waals surface area contributed by atoms with Crippen molar-refractivity contribution >= 4 is 5.69 Å². The number of benzene rings is 1. The Hall–Kier alpha value is -1.74. The summed E-state index contributed by atoms with van der Waals surface area (Å²) < 4.78 is 5.57. The fourth-order valence-corrected chi connectivity index (χ4v) is 2.08. The lowest BCUT2D eigenvalue weighted by Gasteiger charge is -2.22. The van der Waals surface area contributed by atoms with Gasteiger partial charge in [-0.25, -0.2) is 0 Å². The van der Waals surface area contributed by atoms with Crippen LogP contribution < -0.4 is 4.90 Å². The van der Waals surface area contributed by atoms with Gasteiger partial charge < -0.3 is 14.4 Å². The summed E-state index contributed by atoms with van der Waals surface area (Å²) in [5.41, 5.74) is 1.96. The van der Waals surface area contributed by atoms with Gasteiger partial charge in [0.25, 0.3) is 0 Å². The van der Waals surface area contributed by atoms with Crippen molar-refractivity contribution in [3.05, 3.63) is 53.5 Å². The molecule has 1 atom stereocenters. The molecular formula is C15H19NO2. The zero-order chi connectivity index (χ0) is 13.1. The smallest absolute Gasteiger partial charge is 0.123 e. The SMILES string of the molecule is Cc1ccc(CN(C)c2ccccc2[C@H](C)O)o1. The molecule has 96 valence electrons. The molecule has 1 aromatic heterocycles. The molecule has 2 aromatic rings. The molecule has 1 heterocycles. The highest BCUT2D eigenvalue weighted by molar-refractivity contribution is 5.54. The van der Waals surface area contributed by atoms with Crippen LogP contribution in [0.25, 0.3) is 0 Å². The highest BCUT2D eigenvalue weighted by atomic mass is 16.3. The Balaban J connectivity index is 2.20. The summed E-state index contributed by atoms with van der Waals surface area (Å²) in [5.74, 6) is 1.85. The van der Waals surface area contributed by atoms with E-state index in [1.807, 2.05) is 50.4 Å². The number of hydrogen-bond acceptors (Lipinski definition) is 3. The topological polar surface area (TPSA) is 36.6 Å². The summed E-state index contributed by atoms with van der Waals surface area (Å²) in [6.45, 7) is 4.41. The van der Waals surface area contributed by atoms with Crippen molar-refractivity contribution in [2.24, 2.45) is 0 Å². The molecule has 0 saturated carbocycles. The van der Waals surface area contributed by atoms with Gasteiger partial charge in [0.05, 0.1) is 12.6 Å². The van der Waals surface area contributed by atoms with Crippen LogP contribution in [0, 0.1) is 6.92 Å². The van der Waals surface area contributed by atoms with E-state index in [9.17, 15) is 5.11 Å². The maximum atomic E-state index is 9.77. The fraction of sp³-hybridized carbons (Fsp3) is 0.333. The van der Waals surface area contributed by atoms with Crippen molar-refractivity contribution < 1.29 is 9.52 Å². The lowest BCUT2D eigenvalue weighted by molar-refractivity contribution is 0.199. The number of anilines is 1. The number of hydrogen-bond donors (Lipinski definition) is 1. The maximum absolute atomic E-state index is 9.77. The highest BCUT2D eigenvalue weighted by Gasteiger charge is 2.12. The molecule has 2 rings (SSSR count). The van der Waals surface area contributed by atoms with Crippen LogP contribution in [0.4, 0.5) is 5.69 Å². The minimum absolute atomic E-state index is 0.470. The summed E-state index contributed by atoms with van der Waals surface area (Å²) in [4.78, 5) is 2.08. The normalized spacial score (nSPS) is 12.4. The molecule has 0 aliphatic heterocycles. The summed E-state index contributed by atoms with van der Waals surface area (Å²) in [7, 11) is 2.00. The largest absolute Gasteiger partial charge is 0.464 e. The Labute approximate surface area is 108 Å². The Bertz CT molecular complexity index is 517. The van der Waals surface area contributed by atoms with E-state index in [4.69, 9.17) is 4.42 Å². The minimum atomic E-state index is -0.470. The average Bonchev–Trinajstić information content (AvgIpc) is 2.74. The molecule has 1 aromatic carbocycles. The van der Waals surface area contributed by atoms with E-state index >= 15 is 0 Å². The zero-order valence-corrected chi connectivity index (χ0v) is 11.1. The van der Waals surface area contributed by atoms with Crippen molar-refractivity contribution in [3.8, 4) is 0 Å². The van der Waals surface area contributed by atoms with Crippen LogP contribution >= 0.6 is 0 Å². The van der Waals surface area contributed by atoms with Gasteiger partial charge in [-0.05, 0) is 32.0 Å². The van der Waals surface area contributed by atoms with E-state index in [1.54, 1.807) is 6.92 Å². The Morgan fingerprint density at radius 3 is 2.56 bits per heavy atom. The predicted octanol–water partition coefficient (Wildman–Crippen LogP) is 3.28. The molecule has 0 aliphatic rings. The highest BCUT2D eigenvalue weighted by Crippen LogP contribution is 2.26. The predicted molar refractivity (Wildman–Crippen MR) is 72.6 cm³/mol. The quantitative estimate of drug-likeness (QED) is 0.898. The zero-order valence-electron chi connectivity index (χ0n) is 11.1. The van der Waals surface area contributed by atoms with Gasteiger partial charge >= 0.3 is 0 Å². The minimum Gasteiger partial charge on any atom is -0.464 e. The molecule has 3 heteroatoms. The summed E-state index contributed by atoms with van der Waals surface area (Å²) >= 11 is 0. The van der Waals surface area contributed by atoms with Gasteiger partial charge in [0.2, 0.25) is 0 Å². The van der Waals surface area contributed by atoms with E-state index < -0.39 is 6.10 Å². The number of furan rings is 1. The Kier molecular flexibility index (Phi) is 3.72. The third-order valence-electron chi connectivity index (χ3n) is 2.99. The number of rotatable bonds is 4. The number of aliphatic hydroxyl groups is 1. The van der Waals surface area contributed by atoms with E-state index in [-0.39, 0.29) is 0 Å². The molecule has 0 aliphatic carbocycles. The lowest BCUT2D eigenvalue weighted by Crippen LogP contribution is -2.18. The third kappa shape index (κ3) is 2.74. The molecule has 3 nitrogen and oxygen atoms in total. The first kappa shape index (κ1) is 12.7. The van der Waals surface area contributed by atoms with Crippen LogP contribution in [0.5, 0.6) is 0 Å². The molecule has 0 amide bonds. The van der Waals surface area contributed by atoms with Gasteiger partial charge in [-0.15, -0.1) is 0 Å². The van der Waals surface area contributed by atoms with E-state index in [0.717, 1.165) is 22.8 Å². The molecule has 0 bridgehead atoms. The number of aryl methyl sites for hydroxylation is 1. The molecule has 0 fully saturated rings. The summed E-state index contributed by atoms with van der Waals surface area (Å²) in [6, 6.07) is 11.8. The first-order chi connectivity index (χ1) is 8.58. The molecule has 18 heavy (non-hydrogen) atoms. The van der Waals surface area contributed by atoms with Gasteiger partial charge in [-0.2, -0.15) is 0 Å². The van der Waals surface area contributed by atoms with Gasteiger partial charge in [0.1, 0.15) is 11.5 Å². The molecule has 0 radical (unpaired) electrons. The molecule has 1 N–H and O–H groups in total. The van der Waals surface area contributed by atoms with Crippen LogP contribution in [0.15, 0.2) is 40.8 Å². The standard InChI is InChI=1S/C15H19NO2/c1-11-8-9-13(18-11)10-16(3)15-7-5-4-6-14(15)12(2)17/h4-9,12,17H,10H2,1-3H3/t12-/m0/s1.